The Labute approximate surface area is 128 Å². The molecule has 1 unspecified atom stereocenters. The molecule has 0 aliphatic rings. The van der Waals surface area contributed by atoms with Crippen molar-refractivity contribution < 1.29 is 8.78 Å². The second-order valence-corrected chi connectivity index (χ2v) is 5.91. The third kappa shape index (κ3) is 3.86. The van der Waals surface area contributed by atoms with Crippen LogP contribution < -0.4 is 0 Å². The molecule has 0 saturated heterocycles. The normalized spacial score (nSPS) is 12.4. The molecule has 0 radical (unpaired) electrons. The van der Waals surface area contributed by atoms with Crippen LogP contribution in [0.15, 0.2) is 46.9 Å². The SMILES string of the molecule is Fc1ccc(C(CBr)Cc2ccc(Br)cc2F)cc1. The summed E-state index contributed by atoms with van der Waals surface area (Å²) in [5.74, 6) is -0.356. The highest BCUT2D eigenvalue weighted by Gasteiger charge is 2.14. The molecule has 2 aromatic carbocycles. The number of benzene rings is 2. The molecule has 2 rings (SSSR count). The minimum Gasteiger partial charge on any atom is -0.207 e. The van der Waals surface area contributed by atoms with Gasteiger partial charge in [-0.3, -0.25) is 0 Å². The molecule has 0 amide bonds. The average molecular weight is 390 g/mol. The predicted molar refractivity (Wildman–Crippen MR) is 80.7 cm³/mol. The van der Waals surface area contributed by atoms with Crippen molar-refractivity contribution >= 4 is 31.9 Å². The van der Waals surface area contributed by atoms with Gasteiger partial charge < -0.3 is 0 Å². The van der Waals surface area contributed by atoms with E-state index in [1.54, 1.807) is 18.2 Å². The third-order valence-corrected chi connectivity index (χ3v) is 4.28. The van der Waals surface area contributed by atoms with E-state index < -0.39 is 0 Å². The van der Waals surface area contributed by atoms with E-state index in [-0.39, 0.29) is 17.6 Å². The summed E-state index contributed by atoms with van der Waals surface area (Å²) >= 11 is 6.68. The van der Waals surface area contributed by atoms with Crippen LogP contribution in [0.25, 0.3) is 0 Å². The smallest absolute Gasteiger partial charge is 0.127 e. The highest BCUT2D eigenvalue weighted by molar-refractivity contribution is 9.10. The minimum atomic E-state index is -0.258. The van der Waals surface area contributed by atoms with Crippen LogP contribution in [0.1, 0.15) is 17.0 Å². The molecule has 2 aromatic rings. The van der Waals surface area contributed by atoms with Crippen molar-refractivity contribution in [2.24, 2.45) is 0 Å². The van der Waals surface area contributed by atoms with Gasteiger partial charge in [-0.2, -0.15) is 0 Å². The number of hydrogen-bond acceptors (Lipinski definition) is 0. The number of halogens is 4. The molecule has 100 valence electrons. The number of hydrogen-bond donors (Lipinski definition) is 0. The zero-order valence-corrected chi connectivity index (χ0v) is 13.2. The van der Waals surface area contributed by atoms with Gasteiger partial charge in [0.15, 0.2) is 0 Å². The van der Waals surface area contributed by atoms with Gasteiger partial charge in [0.25, 0.3) is 0 Å². The van der Waals surface area contributed by atoms with Gasteiger partial charge in [-0.15, -0.1) is 0 Å². The summed E-state index contributed by atoms with van der Waals surface area (Å²) in [6.07, 6.45) is 0.579. The molecule has 0 aliphatic heterocycles. The summed E-state index contributed by atoms with van der Waals surface area (Å²) in [6, 6.07) is 11.4. The Hall–Kier alpha value is -0.740. The van der Waals surface area contributed by atoms with Crippen LogP contribution in [0.5, 0.6) is 0 Å². The summed E-state index contributed by atoms with van der Waals surface area (Å²) in [4.78, 5) is 0. The first kappa shape index (κ1) is 14.7. The molecule has 1 atom stereocenters. The lowest BCUT2D eigenvalue weighted by Gasteiger charge is -2.15. The van der Waals surface area contributed by atoms with E-state index in [1.165, 1.54) is 18.2 Å². The molecular formula is C15H12Br2F2. The maximum atomic E-state index is 13.8. The summed E-state index contributed by atoms with van der Waals surface area (Å²) in [5.41, 5.74) is 1.66. The van der Waals surface area contributed by atoms with Crippen LogP contribution in [0, 0.1) is 11.6 Å². The molecular weight excluding hydrogens is 378 g/mol. The van der Waals surface area contributed by atoms with E-state index in [0.717, 1.165) is 10.0 Å². The highest BCUT2D eigenvalue weighted by Crippen LogP contribution is 2.26. The Kier molecular flexibility index (Phi) is 5.11. The zero-order valence-electron chi connectivity index (χ0n) is 10.0. The van der Waals surface area contributed by atoms with Crippen molar-refractivity contribution in [1.82, 2.24) is 0 Å². The molecule has 0 heterocycles. The highest BCUT2D eigenvalue weighted by atomic mass is 79.9. The fraction of sp³-hybridized carbons (Fsp3) is 0.200. The minimum absolute atomic E-state index is 0.122. The van der Waals surface area contributed by atoms with Gasteiger partial charge >= 0.3 is 0 Å². The van der Waals surface area contributed by atoms with Crippen molar-refractivity contribution in [2.75, 3.05) is 5.33 Å². The monoisotopic (exact) mass is 388 g/mol. The van der Waals surface area contributed by atoms with E-state index in [4.69, 9.17) is 0 Å². The van der Waals surface area contributed by atoms with Gasteiger partial charge in [0.05, 0.1) is 0 Å². The van der Waals surface area contributed by atoms with E-state index in [1.807, 2.05) is 6.07 Å². The fourth-order valence-electron chi connectivity index (χ4n) is 1.95. The maximum absolute atomic E-state index is 13.8. The van der Waals surface area contributed by atoms with Crippen LogP contribution in [0.3, 0.4) is 0 Å². The Morgan fingerprint density at radius 3 is 2.26 bits per heavy atom. The third-order valence-electron chi connectivity index (χ3n) is 3.01. The summed E-state index contributed by atoms with van der Waals surface area (Å²) in [7, 11) is 0. The Balaban J connectivity index is 2.21. The van der Waals surface area contributed by atoms with E-state index in [0.29, 0.717) is 17.3 Å². The van der Waals surface area contributed by atoms with Gasteiger partial charge in [-0.05, 0) is 47.7 Å². The van der Waals surface area contributed by atoms with Crippen molar-refractivity contribution in [1.29, 1.82) is 0 Å². The largest absolute Gasteiger partial charge is 0.207 e. The van der Waals surface area contributed by atoms with Gasteiger partial charge in [-0.25, -0.2) is 8.78 Å². The van der Waals surface area contributed by atoms with Crippen LogP contribution in [0.4, 0.5) is 8.78 Å². The summed E-state index contributed by atoms with van der Waals surface area (Å²) < 4.78 is 27.5. The van der Waals surface area contributed by atoms with Gasteiger partial charge in [-0.1, -0.05) is 50.1 Å². The van der Waals surface area contributed by atoms with Gasteiger partial charge in [0.1, 0.15) is 11.6 Å². The molecule has 4 heteroatoms. The fourth-order valence-corrected chi connectivity index (χ4v) is 2.89. The van der Waals surface area contributed by atoms with E-state index in [9.17, 15) is 8.78 Å². The zero-order chi connectivity index (χ0) is 13.8. The molecule has 0 aromatic heterocycles. The molecule has 0 N–H and O–H groups in total. The Morgan fingerprint density at radius 1 is 1.00 bits per heavy atom. The second-order valence-electron chi connectivity index (χ2n) is 4.34. The van der Waals surface area contributed by atoms with E-state index >= 15 is 0 Å². The summed E-state index contributed by atoms with van der Waals surface area (Å²) in [5, 5.41) is 0.703. The molecule has 0 nitrogen and oxygen atoms in total. The average Bonchev–Trinajstić information content (AvgIpc) is 2.39. The van der Waals surface area contributed by atoms with Crippen molar-refractivity contribution in [2.45, 2.75) is 12.3 Å². The van der Waals surface area contributed by atoms with Gasteiger partial charge in [0, 0.05) is 9.80 Å². The van der Waals surface area contributed by atoms with Crippen LogP contribution in [-0.2, 0) is 6.42 Å². The quantitative estimate of drug-likeness (QED) is 0.610. The lowest BCUT2D eigenvalue weighted by Crippen LogP contribution is -2.06. The lowest BCUT2D eigenvalue weighted by atomic mass is 9.93. The molecule has 19 heavy (non-hydrogen) atoms. The topological polar surface area (TPSA) is 0 Å². The molecule has 0 saturated carbocycles. The van der Waals surface area contributed by atoms with Crippen LogP contribution in [-0.4, -0.2) is 5.33 Å². The standard InChI is InChI=1S/C15H12Br2F2/c16-9-12(10-2-5-14(18)6-3-10)7-11-1-4-13(17)8-15(11)19/h1-6,8,12H,7,9H2. The van der Waals surface area contributed by atoms with Crippen molar-refractivity contribution in [3.05, 3.63) is 69.7 Å². The molecule has 0 fully saturated rings. The number of alkyl halides is 1. The molecule has 0 bridgehead atoms. The molecule has 0 aliphatic carbocycles. The van der Waals surface area contributed by atoms with Crippen LogP contribution in [0.2, 0.25) is 0 Å². The molecule has 0 spiro atoms. The van der Waals surface area contributed by atoms with Crippen LogP contribution >= 0.6 is 31.9 Å². The number of rotatable bonds is 4. The summed E-state index contributed by atoms with van der Waals surface area (Å²) in [6.45, 7) is 0. The first-order chi connectivity index (χ1) is 9.10. The lowest BCUT2D eigenvalue weighted by molar-refractivity contribution is 0.597. The van der Waals surface area contributed by atoms with Crippen molar-refractivity contribution in [3.8, 4) is 0 Å². The first-order valence-corrected chi connectivity index (χ1v) is 7.77. The van der Waals surface area contributed by atoms with Gasteiger partial charge in [0.2, 0.25) is 0 Å². The maximum Gasteiger partial charge on any atom is 0.127 e. The predicted octanol–water partition coefficient (Wildman–Crippen LogP) is 5.45. The Bertz CT molecular complexity index is 553. The van der Waals surface area contributed by atoms with E-state index in [2.05, 4.69) is 31.9 Å². The van der Waals surface area contributed by atoms with Crippen molar-refractivity contribution in [3.63, 3.8) is 0 Å². The first-order valence-electron chi connectivity index (χ1n) is 5.85. The Morgan fingerprint density at radius 2 is 1.68 bits per heavy atom. The second kappa shape index (κ2) is 6.62.